The molecule has 0 aliphatic heterocycles. The van der Waals surface area contributed by atoms with E-state index in [2.05, 4.69) is 29.3 Å². The summed E-state index contributed by atoms with van der Waals surface area (Å²) in [7, 11) is 2.04. The van der Waals surface area contributed by atoms with Gasteiger partial charge in [0.15, 0.2) is 0 Å². The summed E-state index contributed by atoms with van der Waals surface area (Å²) in [5.74, 6) is -0.467. The van der Waals surface area contributed by atoms with Gasteiger partial charge >= 0.3 is 0 Å². The first-order valence-electron chi connectivity index (χ1n) is 7.53. The second-order valence-electron chi connectivity index (χ2n) is 5.64. The number of nitrogens with two attached hydrogens (primary N) is 1. The quantitative estimate of drug-likeness (QED) is 0.690. The highest BCUT2D eigenvalue weighted by Gasteiger charge is 2.14. The number of hydrogen-bond acceptors (Lipinski definition) is 5. The summed E-state index contributed by atoms with van der Waals surface area (Å²) in [6.07, 6.45) is -0.641. The molecule has 0 aliphatic rings. The summed E-state index contributed by atoms with van der Waals surface area (Å²) >= 11 is 1.35. The van der Waals surface area contributed by atoms with Crippen LogP contribution in [-0.4, -0.2) is 37.2 Å². The number of carbonyl (C=O) groups excluding carboxylic acids is 1. The Hall–Kier alpha value is -1.89. The Morgan fingerprint density at radius 3 is 2.70 bits per heavy atom. The summed E-state index contributed by atoms with van der Waals surface area (Å²) in [5.41, 5.74) is 6.83. The predicted octanol–water partition coefficient (Wildman–Crippen LogP) is 1.99. The molecular weight excluding hydrogens is 310 g/mol. The number of benzene rings is 1. The molecule has 5 nitrogen and oxygen atoms in total. The number of aliphatic hydroxyl groups is 1. The normalized spacial score (nSPS) is 13.5. The fourth-order valence-electron chi connectivity index (χ4n) is 2.33. The van der Waals surface area contributed by atoms with Crippen molar-refractivity contribution in [1.82, 2.24) is 5.32 Å². The molecule has 2 unspecified atom stereocenters. The molecular formula is C17H23N3O2S. The van der Waals surface area contributed by atoms with Crippen molar-refractivity contribution < 1.29 is 9.90 Å². The Bertz CT molecular complexity index is 630. The molecule has 1 aromatic heterocycles. The Morgan fingerprint density at radius 1 is 1.39 bits per heavy atom. The smallest absolute Gasteiger partial charge is 0.249 e. The zero-order valence-corrected chi connectivity index (χ0v) is 14.2. The number of aliphatic hydroxyl groups excluding tert-OH is 1. The fraction of sp³-hybridized carbons (Fsp3) is 0.353. The van der Waals surface area contributed by atoms with Gasteiger partial charge in [-0.2, -0.15) is 0 Å². The van der Waals surface area contributed by atoms with E-state index in [9.17, 15) is 9.90 Å². The monoisotopic (exact) mass is 333 g/mol. The number of carbonyl (C=O) groups is 1. The van der Waals surface area contributed by atoms with Crippen molar-refractivity contribution in [1.29, 1.82) is 0 Å². The lowest BCUT2D eigenvalue weighted by atomic mass is 10.2. The van der Waals surface area contributed by atoms with Gasteiger partial charge in [0.05, 0.1) is 5.56 Å². The molecule has 23 heavy (non-hydrogen) atoms. The number of anilines is 1. The molecule has 0 aliphatic carbocycles. The number of rotatable bonds is 8. The van der Waals surface area contributed by atoms with Crippen LogP contribution in [0.25, 0.3) is 0 Å². The van der Waals surface area contributed by atoms with E-state index in [1.165, 1.54) is 11.3 Å². The highest BCUT2D eigenvalue weighted by molar-refractivity contribution is 7.10. The summed E-state index contributed by atoms with van der Waals surface area (Å²) in [6.45, 7) is 3.34. The maximum Gasteiger partial charge on any atom is 0.249 e. The van der Waals surface area contributed by atoms with Crippen molar-refractivity contribution in [2.45, 2.75) is 19.1 Å². The minimum Gasteiger partial charge on any atom is -0.386 e. The van der Waals surface area contributed by atoms with Gasteiger partial charge < -0.3 is 21.1 Å². The van der Waals surface area contributed by atoms with Crippen LogP contribution in [-0.2, 0) is 0 Å². The molecule has 1 heterocycles. The van der Waals surface area contributed by atoms with Gasteiger partial charge in [-0.25, -0.2) is 0 Å². The van der Waals surface area contributed by atoms with Crippen LogP contribution in [0.4, 0.5) is 5.69 Å². The molecule has 6 heteroatoms. The molecule has 1 amide bonds. The summed E-state index contributed by atoms with van der Waals surface area (Å²) in [5, 5.41) is 15.2. The van der Waals surface area contributed by atoms with Crippen molar-refractivity contribution in [2.24, 2.45) is 5.73 Å². The van der Waals surface area contributed by atoms with Gasteiger partial charge in [0.25, 0.3) is 0 Å². The van der Waals surface area contributed by atoms with Crippen molar-refractivity contribution in [2.75, 3.05) is 25.0 Å². The van der Waals surface area contributed by atoms with Gasteiger partial charge in [-0.1, -0.05) is 18.2 Å². The number of para-hydroxylation sites is 1. The second kappa shape index (κ2) is 8.10. The molecule has 124 valence electrons. The summed E-state index contributed by atoms with van der Waals surface area (Å²) < 4.78 is 0. The minimum absolute atomic E-state index is 0.213. The predicted molar refractivity (Wildman–Crippen MR) is 95.0 cm³/mol. The molecule has 2 atom stereocenters. The van der Waals surface area contributed by atoms with Crippen molar-refractivity contribution >= 4 is 22.9 Å². The fourth-order valence-corrected chi connectivity index (χ4v) is 3.22. The molecule has 4 N–H and O–H groups in total. The van der Waals surface area contributed by atoms with Crippen LogP contribution in [0.3, 0.4) is 0 Å². The highest BCUT2D eigenvalue weighted by Crippen LogP contribution is 2.21. The van der Waals surface area contributed by atoms with Crippen LogP contribution in [0.15, 0.2) is 41.8 Å². The number of primary amides is 1. The highest BCUT2D eigenvalue weighted by atomic mass is 32.1. The van der Waals surface area contributed by atoms with Crippen molar-refractivity contribution in [3.05, 3.63) is 52.2 Å². The van der Waals surface area contributed by atoms with Crippen LogP contribution in [0.1, 0.15) is 28.3 Å². The van der Waals surface area contributed by atoms with E-state index in [-0.39, 0.29) is 6.04 Å². The van der Waals surface area contributed by atoms with Crippen LogP contribution in [0.2, 0.25) is 0 Å². The molecule has 2 aromatic rings. The van der Waals surface area contributed by atoms with Crippen LogP contribution >= 0.6 is 11.3 Å². The second-order valence-corrected chi connectivity index (χ2v) is 6.59. The molecule has 0 bridgehead atoms. The lowest BCUT2D eigenvalue weighted by Gasteiger charge is -2.25. The standard InChI is InChI=1S/C17H23N3O2S/c1-12(10-20(2)14-6-4-3-5-7-14)19-9-15(21)16-8-13(11-23-16)17(18)22/h3-8,11-12,15,19,21H,9-10H2,1-2H3,(H2,18,22). The van der Waals surface area contributed by atoms with Crippen LogP contribution in [0, 0.1) is 0 Å². The van der Waals surface area contributed by atoms with Gasteiger partial charge in [0.1, 0.15) is 6.10 Å². The van der Waals surface area contributed by atoms with Gasteiger partial charge in [0, 0.05) is 42.1 Å². The first-order valence-corrected chi connectivity index (χ1v) is 8.41. The average Bonchev–Trinajstić information content (AvgIpc) is 3.03. The Kier molecular flexibility index (Phi) is 6.15. The third-order valence-electron chi connectivity index (χ3n) is 3.64. The molecule has 0 radical (unpaired) electrons. The van der Waals surface area contributed by atoms with E-state index in [0.29, 0.717) is 12.1 Å². The molecule has 0 fully saturated rings. The molecule has 1 aromatic carbocycles. The van der Waals surface area contributed by atoms with Gasteiger partial charge in [-0.15, -0.1) is 11.3 Å². The maximum absolute atomic E-state index is 11.1. The van der Waals surface area contributed by atoms with E-state index in [4.69, 9.17) is 5.73 Å². The molecule has 0 spiro atoms. The minimum atomic E-state index is -0.641. The van der Waals surface area contributed by atoms with Crippen LogP contribution in [0.5, 0.6) is 0 Å². The Labute approximate surface area is 140 Å². The average molecular weight is 333 g/mol. The zero-order chi connectivity index (χ0) is 16.8. The van der Waals surface area contributed by atoms with Crippen molar-refractivity contribution in [3.8, 4) is 0 Å². The maximum atomic E-state index is 11.1. The zero-order valence-electron chi connectivity index (χ0n) is 13.4. The number of hydrogen-bond donors (Lipinski definition) is 3. The third kappa shape index (κ3) is 5.06. The van der Waals surface area contributed by atoms with Gasteiger partial charge in [-0.3, -0.25) is 4.79 Å². The SMILES string of the molecule is CC(CN(C)c1ccccc1)NCC(O)c1cc(C(N)=O)cs1. The number of thiophene rings is 1. The number of nitrogens with one attached hydrogen (secondary N) is 1. The topological polar surface area (TPSA) is 78.6 Å². The lowest BCUT2D eigenvalue weighted by molar-refractivity contribution is 0.100. The van der Waals surface area contributed by atoms with E-state index < -0.39 is 12.0 Å². The number of likely N-dealkylation sites (N-methyl/N-ethyl adjacent to an activating group) is 1. The lowest BCUT2D eigenvalue weighted by Crippen LogP contribution is -2.39. The number of amides is 1. The Morgan fingerprint density at radius 2 is 2.09 bits per heavy atom. The van der Waals surface area contributed by atoms with Crippen molar-refractivity contribution in [3.63, 3.8) is 0 Å². The molecule has 0 saturated carbocycles. The van der Waals surface area contributed by atoms with Crippen LogP contribution < -0.4 is 16.0 Å². The van der Waals surface area contributed by atoms with E-state index in [0.717, 1.165) is 17.1 Å². The summed E-state index contributed by atoms with van der Waals surface area (Å²) in [6, 6.07) is 12.0. The van der Waals surface area contributed by atoms with E-state index in [1.807, 2.05) is 25.2 Å². The van der Waals surface area contributed by atoms with Gasteiger partial charge in [-0.05, 0) is 25.1 Å². The first-order chi connectivity index (χ1) is 11.0. The largest absolute Gasteiger partial charge is 0.386 e. The first kappa shape index (κ1) is 17.5. The van der Waals surface area contributed by atoms with E-state index >= 15 is 0 Å². The summed E-state index contributed by atoms with van der Waals surface area (Å²) in [4.78, 5) is 14.0. The Balaban J connectivity index is 1.81. The molecule has 0 saturated heterocycles. The third-order valence-corrected chi connectivity index (χ3v) is 4.67. The van der Waals surface area contributed by atoms with E-state index in [1.54, 1.807) is 11.4 Å². The number of nitrogens with zero attached hydrogens (tertiary/aromatic N) is 1. The molecule has 2 rings (SSSR count). The van der Waals surface area contributed by atoms with Gasteiger partial charge in [0.2, 0.25) is 5.91 Å².